The van der Waals surface area contributed by atoms with E-state index in [9.17, 15) is 4.79 Å². The largest absolute Gasteiger partial charge is 0.480 e. The van der Waals surface area contributed by atoms with Crippen molar-refractivity contribution in [1.82, 2.24) is 10.3 Å². The van der Waals surface area contributed by atoms with Crippen molar-refractivity contribution in [3.63, 3.8) is 0 Å². The second-order valence-corrected chi connectivity index (χ2v) is 4.39. The fourth-order valence-electron chi connectivity index (χ4n) is 1.39. The first-order valence-corrected chi connectivity index (χ1v) is 5.90. The van der Waals surface area contributed by atoms with Crippen LogP contribution in [0.4, 0.5) is 0 Å². The van der Waals surface area contributed by atoms with Gasteiger partial charge in [-0.15, -0.1) is 11.3 Å². The normalized spacial score (nSPS) is 14.8. The summed E-state index contributed by atoms with van der Waals surface area (Å²) in [4.78, 5) is 16.0. The lowest BCUT2D eigenvalue weighted by Gasteiger charge is -2.18. The summed E-state index contributed by atoms with van der Waals surface area (Å²) in [5.41, 5.74) is 1.75. The van der Waals surface area contributed by atoms with Crippen LogP contribution in [0.15, 0.2) is 11.7 Å². The molecule has 84 valence electrons. The summed E-state index contributed by atoms with van der Waals surface area (Å²) in [5, 5.41) is 12.1. The minimum Gasteiger partial charge on any atom is -0.480 e. The molecular weight excluding hydrogens is 212 g/mol. The van der Waals surface area contributed by atoms with Crippen LogP contribution < -0.4 is 5.32 Å². The van der Waals surface area contributed by atoms with Gasteiger partial charge in [0.05, 0.1) is 5.51 Å². The topological polar surface area (TPSA) is 62.2 Å². The molecule has 0 radical (unpaired) electrons. The van der Waals surface area contributed by atoms with Crippen LogP contribution in [-0.4, -0.2) is 22.1 Å². The van der Waals surface area contributed by atoms with Crippen molar-refractivity contribution < 1.29 is 9.90 Å². The van der Waals surface area contributed by atoms with Crippen molar-refractivity contribution in [2.45, 2.75) is 38.8 Å². The first-order chi connectivity index (χ1) is 7.15. The Balaban J connectivity index is 2.54. The van der Waals surface area contributed by atoms with Crippen molar-refractivity contribution in [2.24, 2.45) is 0 Å². The van der Waals surface area contributed by atoms with E-state index in [1.165, 1.54) is 11.3 Å². The van der Waals surface area contributed by atoms with Crippen molar-refractivity contribution in [3.8, 4) is 0 Å². The maximum Gasteiger partial charge on any atom is 0.320 e. The van der Waals surface area contributed by atoms with E-state index in [0.717, 1.165) is 11.3 Å². The molecule has 0 aliphatic heterocycles. The Hall–Kier alpha value is -0.940. The van der Waals surface area contributed by atoms with Crippen LogP contribution in [0, 0.1) is 0 Å². The van der Waals surface area contributed by atoms with Crippen molar-refractivity contribution >= 4 is 17.3 Å². The maximum absolute atomic E-state index is 10.9. The second kappa shape index (κ2) is 5.82. The number of thiazole rings is 1. The summed E-state index contributed by atoms with van der Waals surface area (Å²) < 4.78 is 0. The smallest absolute Gasteiger partial charge is 0.320 e. The average molecular weight is 228 g/mol. The highest BCUT2D eigenvalue weighted by atomic mass is 32.1. The van der Waals surface area contributed by atoms with E-state index in [1.807, 2.05) is 13.8 Å². The molecule has 1 rings (SSSR count). The highest BCUT2D eigenvalue weighted by Crippen LogP contribution is 2.17. The van der Waals surface area contributed by atoms with Crippen molar-refractivity contribution in [2.75, 3.05) is 0 Å². The summed E-state index contributed by atoms with van der Waals surface area (Å²) in [7, 11) is 0. The standard InChI is InChI=1S/C10H16N2O2S/c1-3-4-8(10(13)14)12-7(2)9-5-11-6-15-9/h5-8,12H,3-4H2,1-2H3,(H,13,14). The molecule has 0 aromatic carbocycles. The lowest BCUT2D eigenvalue weighted by Crippen LogP contribution is -2.37. The van der Waals surface area contributed by atoms with Gasteiger partial charge in [0.25, 0.3) is 0 Å². The average Bonchev–Trinajstić information content (AvgIpc) is 2.69. The first-order valence-electron chi connectivity index (χ1n) is 5.02. The SMILES string of the molecule is CCCC(NC(C)c1cncs1)C(=O)O. The molecule has 2 unspecified atom stereocenters. The third kappa shape index (κ3) is 3.60. The van der Waals surface area contributed by atoms with Crippen molar-refractivity contribution in [3.05, 3.63) is 16.6 Å². The molecule has 1 heterocycles. The van der Waals surface area contributed by atoms with Gasteiger partial charge in [-0.1, -0.05) is 13.3 Å². The maximum atomic E-state index is 10.9. The van der Waals surface area contributed by atoms with Gasteiger partial charge in [0.1, 0.15) is 6.04 Å². The van der Waals surface area contributed by atoms with Gasteiger partial charge in [-0.25, -0.2) is 0 Å². The molecule has 0 fully saturated rings. The van der Waals surface area contributed by atoms with E-state index >= 15 is 0 Å². The van der Waals surface area contributed by atoms with Gasteiger partial charge in [-0.3, -0.25) is 15.1 Å². The highest BCUT2D eigenvalue weighted by Gasteiger charge is 2.19. The number of nitrogens with one attached hydrogen (secondary N) is 1. The number of aliphatic carboxylic acids is 1. The van der Waals surface area contributed by atoms with E-state index in [-0.39, 0.29) is 6.04 Å². The number of carboxylic acid groups (broad SMARTS) is 1. The molecule has 0 aliphatic rings. The molecule has 4 nitrogen and oxygen atoms in total. The zero-order valence-electron chi connectivity index (χ0n) is 8.93. The first kappa shape index (κ1) is 12.1. The third-order valence-electron chi connectivity index (χ3n) is 2.20. The molecule has 0 saturated carbocycles. The zero-order chi connectivity index (χ0) is 11.3. The molecule has 0 bridgehead atoms. The zero-order valence-corrected chi connectivity index (χ0v) is 9.75. The minimum absolute atomic E-state index is 0.0464. The molecule has 0 amide bonds. The molecule has 2 N–H and O–H groups in total. The Bertz CT molecular complexity index is 300. The van der Waals surface area contributed by atoms with Gasteiger partial charge in [0.2, 0.25) is 0 Å². The van der Waals surface area contributed by atoms with Crippen LogP contribution in [0.25, 0.3) is 0 Å². The van der Waals surface area contributed by atoms with Gasteiger partial charge < -0.3 is 5.11 Å². The van der Waals surface area contributed by atoms with Crippen LogP contribution >= 0.6 is 11.3 Å². The van der Waals surface area contributed by atoms with E-state index in [0.29, 0.717) is 6.42 Å². The van der Waals surface area contributed by atoms with Crippen LogP contribution in [-0.2, 0) is 4.79 Å². The molecule has 2 atom stereocenters. The molecule has 5 heteroatoms. The van der Waals surface area contributed by atoms with Crippen LogP contribution in [0.3, 0.4) is 0 Å². The van der Waals surface area contributed by atoms with E-state index in [1.54, 1.807) is 11.7 Å². The predicted molar refractivity (Wildman–Crippen MR) is 60.0 cm³/mol. The van der Waals surface area contributed by atoms with E-state index < -0.39 is 12.0 Å². The Morgan fingerprint density at radius 2 is 2.47 bits per heavy atom. The van der Waals surface area contributed by atoms with Gasteiger partial charge in [-0.2, -0.15) is 0 Å². The summed E-state index contributed by atoms with van der Waals surface area (Å²) in [6, 6.07) is -0.419. The third-order valence-corrected chi connectivity index (χ3v) is 3.16. The summed E-state index contributed by atoms with van der Waals surface area (Å²) in [6.07, 6.45) is 3.28. The van der Waals surface area contributed by atoms with Crippen LogP contribution in [0.2, 0.25) is 0 Å². The van der Waals surface area contributed by atoms with Gasteiger partial charge in [-0.05, 0) is 13.3 Å². The fourth-order valence-corrected chi connectivity index (χ4v) is 2.03. The quantitative estimate of drug-likeness (QED) is 0.782. The van der Waals surface area contributed by atoms with Crippen LogP contribution in [0.5, 0.6) is 0 Å². The van der Waals surface area contributed by atoms with E-state index in [2.05, 4.69) is 10.3 Å². The number of hydrogen-bond donors (Lipinski definition) is 2. The molecule has 0 saturated heterocycles. The molecule has 1 aromatic rings. The highest BCUT2D eigenvalue weighted by molar-refractivity contribution is 7.09. The summed E-state index contributed by atoms with van der Waals surface area (Å²) in [6.45, 7) is 3.94. The lowest BCUT2D eigenvalue weighted by molar-refractivity contribution is -0.139. The number of hydrogen-bond acceptors (Lipinski definition) is 4. The lowest BCUT2D eigenvalue weighted by atomic mass is 10.1. The predicted octanol–water partition coefficient (Wildman–Crippen LogP) is 2.05. The number of carboxylic acids is 1. The number of aromatic nitrogens is 1. The summed E-state index contributed by atoms with van der Waals surface area (Å²) in [5.74, 6) is -0.784. The minimum atomic E-state index is -0.784. The van der Waals surface area contributed by atoms with Crippen LogP contribution in [0.1, 0.15) is 37.6 Å². The Morgan fingerprint density at radius 3 is 2.93 bits per heavy atom. The van der Waals surface area contributed by atoms with E-state index in [4.69, 9.17) is 5.11 Å². The summed E-state index contributed by atoms with van der Waals surface area (Å²) >= 11 is 1.54. The fraction of sp³-hybridized carbons (Fsp3) is 0.600. The molecule has 0 aliphatic carbocycles. The Kier molecular flexibility index (Phi) is 4.71. The number of rotatable bonds is 6. The van der Waals surface area contributed by atoms with Gasteiger partial charge >= 0.3 is 5.97 Å². The monoisotopic (exact) mass is 228 g/mol. The van der Waals surface area contributed by atoms with Gasteiger partial charge in [0, 0.05) is 17.1 Å². The molecule has 15 heavy (non-hydrogen) atoms. The van der Waals surface area contributed by atoms with Crippen molar-refractivity contribution in [1.29, 1.82) is 0 Å². The molecular formula is C10H16N2O2S. The second-order valence-electron chi connectivity index (χ2n) is 3.47. The number of nitrogens with zero attached hydrogens (tertiary/aromatic N) is 1. The number of carbonyl (C=O) groups is 1. The van der Waals surface area contributed by atoms with Gasteiger partial charge in [0.15, 0.2) is 0 Å². The molecule has 0 spiro atoms. The Morgan fingerprint density at radius 1 is 1.73 bits per heavy atom. The molecule has 1 aromatic heterocycles. The Labute approximate surface area is 93.4 Å².